The van der Waals surface area contributed by atoms with E-state index in [1.807, 2.05) is 6.08 Å². The molecule has 1 nitrogen and oxygen atoms in total. The molecule has 0 radical (unpaired) electrons. The van der Waals surface area contributed by atoms with E-state index in [0.717, 1.165) is 38.2 Å². The lowest BCUT2D eigenvalue weighted by atomic mass is 9.77. The summed E-state index contributed by atoms with van der Waals surface area (Å²) in [7, 11) is 0. The molecule has 0 bridgehead atoms. The summed E-state index contributed by atoms with van der Waals surface area (Å²) in [5, 5.41) is 0. The maximum Gasteiger partial charge on any atom is 0.267 e. The molecule has 2 aliphatic rings. The van der Waals surface area contributed by atoms with Crippen molar-refractivity contribution in [3.63, 3.8) is 0 Å². The van der Waals surface area contributed by atoms with E-state index in [1.54, 1.807) is 18.2 Å². The van der Waals surface area contributed by atoms with Crippen molar-refractivity contribution < 1.29 is 17.9 Å². The number of halogens is 3. The molecule has 1 aliphatic carbocycles. The van der Waals surface area contributed by atoms with Crippen LogP contribution in [-0.4, -0.2) is 12.7 Å². The largest absolute Gasteiger partial charge is 0.378 e. The Morgan fingerprint density at radius 3 is 2.46 bits per heavy atom. The van der Waals surface area contributed by atoms with Gasteiger partial charge in [-0.25, -0.2) is 13.2 Å². The van der Waals surface area contributed by atoms with Crippen LogP contribution in [0.4, 0.5) is 13.2 Å². The molecule has 1 saturated carbocycles. The van der Waals surface area contributed by atoms with Gasteiger partial charge in [0, 0.05) is 6.61 Å². The maximum absolute atomic E-state index is 14.1. The third-order valence-electron chi connectivity index (χ3n) is 6.62. The van der Waals surface area contributed by atoms with Crippen molar-refractivity contribution in [2.75, 3.05) is 6.61 Å². The van der Waals surface area contributed by atoms with Crippen molar-refractivity contribution in [3.8, 4) is 0 Å². The summed E-state index contributed by atoms with van der Waals surface area (Å²) in [5.41, 5.74) is 0.0987. The van der Waals surface area contributed by atoms with Crippen molar-refractivity contribution in [1.29, 1.82) is 0 Å². The van der Waals surface area contributed by atoms with E-state index >= 15 is 0 Å². The van der Waals surface area contributed by atoms with Crippen LogP contribution in [0.3, 0.4) is 0 Å². The van der Waals surface area contributed by atoms with Crippen LogP contribution in [0, 0.1) is 30.5 Å². The van der Waals surface area contributed by atoms with Crippen LogP contribution in [-0.2, 0) is 4.74 Å². The van der Waals surface area contributed by atoms with Gasteiger partial charge in [-0.3, -0.25) is 0 Å². The number of aryl methyl sites for hydroxylation is 1. The number of ether oxygens (including phenoxy) is 1. The molecular weight excluding hydrogens is 361 g/mol. The number of hydrogen-bond acceptors (Lipinski definition) is 1. The molecule has 1 heterocycles. The highest BCUT2D eigenvalue weighted by atomic mass is 19.3. The zero-order valence-corrected chi connectivity index (χ0v) is 17.1. The summed E-state index contributed by atoms with van der Waals surface area (Å²) in [4.78, 5) is 0. The molecular formula is C24H33F3O. The Hall–Kier alpha value is -1.29. The number of rotatable bonds is 6. The molecule has 2 unspecified atom stereocenters. The lowest BCUT2D eigenvalue weighted by Crippen LogP contribution is -2.34. The lowest BCUT2D eigenvalue weighted by molar-refractivity contribution is -0.0582. The van der Waals surface area contributed by atoms with E-state index in [2.05, 4.69) is 6.92 Å². The van der Waals surface area contributed by atoms with Gasteiger partial charge in [0.15, 0.2) is 0 Å². The van der Waals surface area contributed by atoms with Crippen molar-refractivity contribution in [1.82, 2.24) is 0 Å². The number of allylic oxidation sites excluding steroid dienone is 1. The number of benzene rings is 1. The van der Waals surface area contributed by atoms with E-state index < -0.39 is 17.8 Å². The average molecular weight is 395 g/mol. The van der Waals surface area contributed by atoms with Crippen molar-refractivity contribution in [2.45, 2.75) is 77.7 Å². The van der Waals surface area contributed by atoms with Crippen LogP contribution >= 0.6 is 0 Å². The van der Waals surface area contributed by atoms with Crippen LogP contribution in [0.15, 0.2) is 18.2 Å². The molecule has 1 saturated heterocycles. The Morgan fingerprint density at radius 1 is 1.11 bits per heavy atom. The topological polar surface area (TPSA) is 9.23 Å². The monoisotopic (exact) mass is 394 g/mol. The minimum Gasteiger partial charge on any atom is -0.378 e. The highest BCUT2D eigenvalue weighted by Crippen LogP contribution is 2.37. The van der Waals surface area contributed by atoms with E-state index in [1.165, 1.54) is 32.6 Å². The molecule has 2 fully saturated rings. The fraction of sp³-hybridized carbons (Fsp3) is 0.667. The first-order chi connectivity index (χ1) is 13.5. The Balaban J connectivity index is 1.53. The summed E-state index contributed by atoms with van der Waals surface area (Å²) >= 11 is 0. The summed E-state index contributed by atoms with van der Waals surface area (Å²) < 4.78 is 46.8. The second kappa shape index (κ2) is 9.96. The van der Waals surface area contributed by atoms with Gasteiger partial charge in [0.25, 0.3) is 6.43 Å². The second-order valence-electron chi connectivity index (χ2n) is 8.64. The third kappa shape index (κ3) is 5.20. The molecule has 0 N–H and O–H groups in total. The summed E-state index contributed by atoms with van der Waals surface area (Å²) in [5.74, 6) is 0.958. The van der Waals surface area contributed by atoms with Gasteiger partial charge in [0.1, 0.15) is 5.82 Å². The van der Waals surface area contributed by atoms with Gasteiger partial charge in [-0.05, 0) is 80.8 Å². The molecule has 28 heavy (non-hydrogen) atoms. The fourth-order valence-corrected chi connectivity index (χ4v) is 4.87. The van der Waals surface area contributed by atoms with Crippen LogP contribution < -0.4 is 0 Å². The normalized spacial score (nSPS) is 28.9. The zero-order valence-electron chi connectivity index (χ0n) is 17.1. The first-order valence-corrected chi connectivity index (χ1v) is 10.9. The molecule has 3 rings (SSSR count). The lowest BCUT2D eigenvalue weighted by Gasteiger charge is -2.37. The average Bonchev–Trinajstić information content (AvgIpc) is 2.70. The Kier molecular flexibility index (Phi) is 7.62. The van der Waals surface area contributed by atoms with Gasteiger partial charge < -0.3 is 4.74 Å². The summed E-state index contributed by atoms with van der Waals surface area (Å²) in [6, 6.07) is 3.18. The minimum atomic E-state index is -2.80. The van der Waals surface area contributed by atoms with E-state index in [0.29, 0.717) is 23.5 Å². The molecule has 0 spiro atoms. The SMILES string of the molecule is CCCC1CCC(C2CCC(/C=C/c3ccc(C)c(F)c3C(F)F)CC2)OC1. The molecule has 1 aromatic rings. The van der Waals surface area contributed by atoms with Gasteiger partial charge in [0.05, 0.1) is 11.7 Å². The first-order valence-electron chi connectivity index (χ1n) is 10.9. The van der Waals surface area contributed by atoms with Crippen LogP contribution in [0.5, 0.6) is 0 Å². The molecule has 4 heteroatoms. The van der Waals surface area contributed by atoms with Crippen molar-refractivity contribution >= 4 is 6.08 Å². The van der Waals surface area contributed by atoms with Gasteiger partial charge in [-0.1, -0.05) is 37.6 Å². The van der Waals surface area contributed by atoms with Crippen LogP contribution in [0.1, 0.15) is 81.4 Å². The van der Waals surface area contributed by atoms with Crippen molar-refractivity contribution in [2.24, 2.45) is 17.8 Å². The predicted molar refractivity (Wildman–Crippen MR) is 108 cm³/mol. The predicted octanol–water partition coefficient (Wildman–Crippen LogP) is 7.49. The highest BCUT2D eigenvalue weighted by molar-refractivity contribution is 5.56. The molecule has 1 aromatic carbocycles. The highest BCUT2D eigenvalue weighted by Gasteiger charge is 2.31. The van der Waals surface area contributed by atoms with Gasteiger partial charge in [-0.15, -0.1) is 0 Å². The van der Waals surface area contributed by atoms with Gasteiger partial charge in [-0.2, -0.15) is 0 Å². The molecule has 156 valence electrons. The zero-order chi connectivity index (χ0) is 20.1. The molecule has 0 aromatic heterocycles. The quantitative estimate of drug-likeness (QED) is 0.486. The van der Waals surface area contributed by atoms with Gasteiger partial charge in [0.2, 0.25) is 0 Å². The second-order valence-corrected chi connectivity index (χ2v) is 8.64. The fourth-order valence-electron chi connectivity index (χ4n) is 4.87. The number of hydrogen-bond donors (Lipinski definition) is 0. The Morgan fingerprint density at radius 2 is 1.86 bits per heavy atom. The minimum absolute atomic E-state index is 0.265. The summed E-state index contributed by atoms with van der Waals surface area (Å²) in [6.07, 6.45) is 10.6. The Bertz CT molecular complexity index is 654. The van der Waals surface area contributed by atoms with E-state index in [-0.39, 0.29) is 5.56 Å². The first kappa shape index (κ1) is 21.4. The molecule has 0 amide bonds. The molecule has 2 atom stereocenters. The summed E-state index contributed by atoms with van der Waals surface area (Å²) in [6.45, 7) is 4.66. The van der Waals surface area contributed by atoms with Crippen molar-refractivity contribution in [3.05, 3.63) is 40.7 Å². The molecule has 1 aliphatic heterocycles. The van der Waals surface area contributed by atoms with E-state index in [4.69, 9.17) is 4.74 Å². The Labute approximate surface area is 167 Å². The smallest absolute Gasteiger partial charge is 0.267 e. The van der Waals surface area contributed by atoms with E-state index in [9.17, 15) is 13.2 Å². The van der Waals surface area contributed by atoms with Gasteiger partial charge >= 0.3 is 0 Å². The third-order valence-corrected chi connectivity index (χ3v) is 6.62. The van der Waals surface area contributed by atoms with Crippen LogP contribution in [0.2, 0.25) is 0 Å². The standard InChI is InChI=1S/C24H33F3O/c1-3-4-18-9-14-21(28-15-18)19-11-6-17(7-12-19)8-13-20-10-5-16(2)23(25)22(20)24(26)27/h5,8,10,13,17-19,21,24H,3-4,6-7,9,11-12,14-15H2,1-2H3/b13-8+. The van der Waals surface area contributed by atoms with Crippen LogP contribution in [0.25, 0.3) is 6.08 Å². The number of alkyl halides is 2. The maximum atomic E-state index is 14.1.